The van der Waals surface area contributed by atoms with Gasteiger partial charge in [-0.2, -0.15) is 0 Å². The Morgan fingerprint density at radius 2 is 2.18 bits per heavy atom. The Morgan fingerprint density at radius 3 is 2.95 bits per heavy atom. The molecule has 4 nitrogen and oxygen atoms in total. The fourth-order valence-electron chi connectivity index (χ4n) is 3.91. The minimum Gasteiger partial charge on any atom is -0.299 e. The maximum atomic E-state index is 5.02. The molecule has 0 N–H and O–H groups in total. The number of imidazole rings is 1. The van der Waals surface area contributed by atoms with E-state index in [1.165, 1.54) is 43.8 Å². The van der Waals surface area contributed by atoms with Gasteiger partial charge in [0.05, 0.1) is 11.4 Å². The van der Waals surface area contributed by atoms with E-state index in [-0.39, 0.29) is 0 Å². The van der Waals surface area contributed by atoms with E-state index in [1.807, 2.05) is 12.3 Å². The van der Waals surface area contributed by atoms with Gasteiger partial charge >= 0.3 is 0 Å². The summed E-state index contributed by atoms with van der Waals surface area (Å²) in [6.07, 6.45) is 6.95. The van der Waals surface area contributed by atoms with Gasteiger partial charge in [0, 0.05) is 12.2 Å². The number of hydrogen-bond acceptors (Lipinski definition) is 4. The van der Waals surface area contributed by atoms with Crippen molar-refractivity contribution in [3.8, 4) is 0 Å². The summed E-state index contributed by atoms with van der Waals surface area (Å²) < 4.78 is 2.46. The van der Waals surface area contributed by atoms with E-state index < -0.39 is 0 Å². The molecule has 2 aliphatic rings. The van der Waals surface area contributed by atoms with Crippen molar-refractivity contribution in [1.82, 2.24) is 19.4 Å². The van der Waals surface area contributed by atoms with Crippen LogP contribution in [0.1, 0.15) is 56.8 Å². The molecule has 5 heteroatoms. The van der Waals surface area contributed by atoms with Gasteiger partial charge in [0.2, 0.25) is 0 Å². The smallest absolute Gasteiger partial charge is 0.161 e. The minimum absolute atomic E-state index is 0.454. The lowest BCUT2D eigenvalue weighted by atomic mass is 10.2. The highest BCUT2D eigenvalue weighted by Crippen LogP contribution is 2.42. The molecule has 0 bridgehead atoms. The quantitative estimate of drug-likeness (QED) is 0.857. The summed E-state index contributed by atoms with van der Waals surface area (Å²) in [5.41, 5.74) is 2.13. The maximum absolute atomic E-state index is 5.02. The van der Waals surface area contributed by atoms with Gasteiger partial charge in [-0.25, -0.2) is 9.97 Å². The molecular weight excluding hydrogens is 292 g/mol. The van der Waals surface area contributed by atoms with Crippen LogP contribution in [0.3, 0.4) is 0 Å². The zero-order chi connectivity index (χ0) is 15.1. The summed E-state index contributed by atoms with van der Waals surface area (Å²) in [6.45, 7) is 5.79. The average Bonchev–Trinajstić information content (AvgIpc) is 3.24. The molecule has 0 radical (unpaired) electrons. The summed E-state index contributed by atoms with van der Waals surface area (Å²) in [7, 11) is 0. The highest BCUT2D eigenvalue weighted by atomic mass is 32.2. The van der Waals surface area contributed by atoms with Crippen LogP contribution in [0.5, 0.6) is 0 Å². The van der Waals surface area contributed by atoms with Crippen molar-refractivity contribution in [3.05, 3.63) is 24.2 Å². The first kappa shape index (κ1) is 14.5. The van der Waals surface area contributed by atoms with Crippen molar-refractivity contribution in [1.29, 1.82) is 0 Å². The first-order valence-electron chi connectivity index (χ1n) is 8.46. The number of aromatic nitrogens is 3. The van der Waals surface area contributed by atoms with E-state index in [9.17, 15) is 0 Å². The summed E-state index contributed by atoms with van der Waals surface area (Å²) in [5, 5.41) is 0.518. The van der Waals surface area contributed by atoms with Gasteiger partial charge in [-0.05, 0) is 64.0 Å². The predicted molar refractivity (Wildman–Crippen MR) is 92.1 cm³/mol. The summed E-state index contributed by atoms with van der Waals surface area (Å²) in [6, 6.07) is 5.14. The molecule has 2 aromatic rings. The third kappa shape index (κ3) is 2.35. The van der Waals surface area contributed by atoms with E-state index in [1.54, 1.807) is 0 Å². The first-order chi connectivity index (χ1) is 10.8. The zero-order valence-corrected chi connectivity index (χ0v) is 14.2. The number of nitrogens with zero attached hydrogens (tertiary/aromatic N) is 4. The monoisotopic (exact) mass is 316 g/mol. The molecule has 2 atom stereocenters. The van der Waals surface area contributed by atoms with Crippen LogP contribution < -0.4 is 0 Å². The van der Waals surface area contributed by atoms with Gasteiger partial charge in [-0.3, -0.25) is 9.47 Å². The number of rotatable bonds is 3. The molecule has 4 rings (SSSR count). The van der Waals surface area contributed by atoms with Crippen molar-refractivity contribution in [2.75, 3.05) is 12.3 Å². The fourth-order valence-corrected chi connectivity index (χ4v) is 5.21. The Bertz CT molecular complexity index is 660. The summed E-state index contributed by atoms with van der Waals surface area (Å²) in [5.74, 6) is 2.51. The first-order valence-corrected chi connectivity index (χ1v) is 9.51. The molecule has 22 heavy (non-hydrogen) atoms. The second kappa shape index (κ2) is 5.85. The average molecular weight is 316 g/mol. The van der Waals surface area contributed by atoms with Gasteiger partial charge in [0.1, 0.15) is 11.3 Å². The molecule has 118 valence electrons. The number of pyridine rings is 1. The third-order valence-electron chi connectivity index (χ3n) is 4.93. The molecule has 0 aliphatic carbocycles. The van der Waals surface area contributed by atoms with Crippen LogP contribution in [0.25, 0.3) is 11.2 Å². The minimum atomic E-state index is 0.454. The van der Waals surface area contributed by atoms with E-state index in [0.29, 0.717) is 17.5 Å². The fraction of sp³-hybridized carbons (Fsp3) is 0.647. The molecule has 4 heterocycles. The summed E-state index contributed by atoms with van der Waals surface area (Å²) in [4.78, 5) is 12.3. The molecule has 0 aromatic carbocycles. The zero-order valence-electron chi connectivity index (χ0n) is 13.4. The largest absolute Gasteiger partial charge is 0.299 e. The second-order valence-electron chi connectivity index (χ2n) is 6.64. The topological polar surface area (TPSA) is 34.0 Å². The number of fused-ring (bicyclic) bond motifs is 1. The van der Waals surface area contributed by atoms with Crippen molar-refractivity contribution < 1.29 is 0 Å². The van der Waals surface area contributed by atoms with Crippen LogP contribution in [0, 0.1) is 0 Å². The highest BCUT2D eigenvalue weighted by molar-refractivity contribution is 7.99. The van der Waals surface area contributed by atoms with Crippen LogP contribution in [0.2, 0.25) is 0 Å². The standard InChI is InChI=1S/C17H24N4S/c1-12(2)20-10-4-7-14(20)17-19-13-6-3-9-18-16(13)21(17)15-8-5-11-22-15/h3,6,9,12,14-15H,4-5,7-8,10-11H2,1-2H3. The molecule has 0 saturated carbocycles. The summed E-state index contributed by atoms with van der Waals surface area (Å²) >= 11 is 2.06. The molecule has 0 amide bonds. The molecule has 2 saturated heterocycles. The van der Waals surface area contributed by atoms with Gasteiger partial charge < -0.3 is 0 Å². The van der Waals surface area contributed by atoms with Crippen LogP contribution in [-0.2, 0) is 0 Å². The van der Waals surface area contributed by atoms with Gasteiger partial charge in [-0.1, -0.05) is 0 Å². The van der Waals surface area contributed by atoms with Crippen LogP contribution in [0.4, 0.5) is 0 Å². The molecule has 2 aliphatic heterocycles. The molecule has 0 spiro atoms. The molecular formula is C17H24N4S. The van der Waals surface area contributed by atoms with Gasteiger partial charge in [0.15, 0.2) is 5.65 Å². The van der Waals surface area contributed by atoms with Gasteiger partial charge in [0.25, 0.3) is 0 Å². The van der Waals surface area contributed by atoms with Crippen LogP contribution in [0.15, 0.2) is 18.3 Å². The normalized spacial score (nSPS) is 26.5. The number of likely N-dealkylation sites (tertiary alicyclic amines) is 1. The maximum Gasteiger partial charge on any atom is 0.161 e. The Labute approximate surface area is 136 Å². The van der Waals surface area contributed by atoms with E-state index >= 15 is 0 Å². The lowest BCUT2D eigenvalue weighted by molar-refractivity contribution is 0.195. The van der Waals surface area contributed by atoms with Crippen molar-refractivity contribution in [2.45, 2.75) is 57.0 Å². The second-order valence-corrected chi connectivity index (χ2v) is 7.93. The van der Waals surface area contributed by atoms with Crippen molar-refractivity contribution >= 4 is 22.9 Å². The lowest BCUT2D eigenvalue weighted by Gasteiger charge is -2.29. The Kier molecular flexibility index (Phi) is 3.86. The Hall–Kier alpha value is -1.07. The number of thioether (sulfide) groups is 1. The van der Waals surface area contributed by atoms with Crippen LogP contribution >= 0.6 is 11.8 Å². The Morgan fingerprint density at radius 1 is 1.27 bits per heavy atom. The van der Waals surface area contributed by atoms with Crippen molar-refractivity contribution in [3.63, 3.8) is 0 Å². The number of hydrogen-bond donors (Lipinski definition) is 0. The van der Waals surface area contributed by atoms with E-state index in [0.717, 1.165) is 11.2 Å². The van der Waals surface area contributed by atoms with Crippen LogP contribution in [-0.4, -0.2) is 37.8 Å². The lowest BCUT2D eigenvalue weighted by Crippen LogP contribution is -2.32. The third-order valence-corrected chi connectivity index (χ3v) is 6.28. The van der Waals surface area contributed by atoms with E-state index in [4.69, 9.17) is 4.98 Å². The highest BCUT2D eigenvalue weighted by Gasteiger charge is 2.34. The molecule has 2 aromatic heterocycles. The predicted octanol–water partition coefficient (Wildman–Crippen LogP) is 4.00. The Balaban J connectivity index is 1.84. The molecule has 2 fully saturated rings. The van der Waals surface area contributed by atoms with E-state index in [2.05, 4.69) is 46.1 Å². The van der Waals surface area contributed by atoms with Gasteiger partial charge in [-0.15, -0.1) is 11.8 Å². The molecule has 2 unspecified atom stereocenters. The van der Waals surface area contributed by atoms with Crippen molar-refractivity contribution in [2.24, 2.45) is 0 Å². The SMILES string of the molecule is CC(C)N1CCCC1c1nc2cccnc2n1C1CCCS1.